The summed E-state index contributed by atoms with van der Waals surface area (Å²) in [5.41, 5.74) is 4.55. The molecule has 1 aromatic rings. The molecule has 2 N–H and O–H groups in total. The highest BCUT2D eigenvalue weighted by atomic mass is 35.5. The number of hydrogen-bond donors (Lipinski definition) is 1. The molecular weight excluding hydrogens is 261 g/mol. The van der Waals surface area contributed by atoms with Gasteiger partial charge in [-0.15, -0.1) is 0 Å². The zero-order valence-corrected chi connectivity index (χ0v) is 10.7. The van der Waals surface area contributed by atoms with E-state index in [1.165, 1.54) is 0 Å². The number of benzene rings is 1. The van der Waals surface area contributed by atoms with Gasteiger partial charge in [0.05, 0.1) is 10.0 Å². The molecule has 92 valence electrons. The van der Waals surface area contributed by atoms with Crippen molar-refractivity contribution in [3.63, 3.8) is 0 Å². The summed E-state index contributed by atoms with van der Waals surface area (Å²) in [4.78, 5) is 11.5. The first-order chi connectivity index (χ1) is 8.03. The van der Waals surface area contributed by atoms with Gasteiger partial charge in [-0.1, -0.05) is 23.2 Å². The molecule has 0 spiro atoms. The molecule has 0 bridgehead atoms. The first-order valence-corrected chi connectivity index (χ1v) is 6.23. The molecule has 1 fully saturated rings. The molecule has 0 radical (unpaired) electrons. The van der Waals surface area contributed by atoms with Crippen molar-refractivity contribution in [2.75, 3.05) is 0 Å². The second-order valence-electron chi connectivity index (χ2n) is 4.24. The summed E-state index contributed by atoms with van der Waals surface area (Å²) in [7, 11) is 0. The Morgan fingerprint density at radius 1 is 1.24 bits per heavy atom. The first kappa shape index (κ1) is 12.5. The van der Waals surface area contributed by atoms with Crippen LogP contribution in [0.5, 0.6) is 5.75 Å². The fourth-order valence-electron chi connectivity index (χ4n) is 2.11. The minimum atomic E-state index is -0.878. The van der Waals surface area contributed by atoms with Gasteiger partial charge in [0.25, 0.3) is 5.91 Å². The monoisotopic (exact) mass is 273 g/mol. The molecule has 0 saturated heterocycles. The maximum atomic E-state index is 11.5. The van der Waals surface area contributed by atoms with Gasteiger partial charge in [-0.25, -0.2) is 0 Å². The van der Waals surface area contributed by atoms with Crippen LogP contribution in [-0.2, 0) is 4.79 Å². The summed E-state index contributed by atoms with van der Waals surface area (Å²) in [5, 5.41) is 0.861. The molecule has 17 heavy (non-hydrogen) atoms. The van der Waals surface area contributed by atoms with Crippen molar-refractivity contribution in [1.29, 1.82) is 0 Å². The van der Waals surface area contributed by atoms with Crippen molar-refractivity contribution >= 4 is 29.1 Å². The lowest BCUT2D eigenvalue weighted by Gasteiger charge is -2.26. The van der Waals surface area contributed by atoms with Crippen molar-refractivity contribution < 1.29 is 9.53 Å². The Bertz CT molecular complexity index is 442. The van der Waals surface area contributed by atoms with Gasteiger partial charge in [0, 0.05) is 6.07 Å². The highest BCUT2D eigenvalue weighted by Gasteiger charge is 2.42. The van der Waals surface area contributed by atoms with Crippen LogP contribution in [0.1, 0.15) is 25.7 Å². The quantitative estimate of drug-likeness (QED) is 0.920. The zero-order chi connectivity index (χ0) is 12.5. The third kappa shape index (κ3) is 2.50. The Morgan fingerprint density at radius 2 is 1.88 bits per heavy atom. The average Bonchev–Trinajstić information content (AvgIpc) is 2.73. The van der Waals surface area contributed by atoms with E-state index >= 15 is 0 Å². The van der Waals surface area contributed by atoms with Gasteiger partial charge in [-0.05, 0) is 37.8 Å². The number of ether oxygens (including phenoxy) is 1. The van der Waals surface area contributed by atoms with E-state index in [4.69, 9.17) is 33.7 Å². The predicted molar refractivity (Wildman–Crippen MR) is 67.5 cm³/mol. The Morgan fingerprint density at radius 3 is 2.41 bits per heavy atom. The second kappa shape index (κ2) is 4.75. The van der Waals surface area contributed by atoms with E-state index in [2.05, 4.69) is 0 Å². The Hall–Kier alpha value is -0.930. The van der Waals surface area contributed by atoms with E-state index < -0.39 is 11.5 Å². The minimum absolute atomic E-state index is 0.404. The smallest absolute Gasteiger partial charge is 0.261 e. The highest BCUT2D eigenvalue weighted by Crippen LogP contribution is 2.36. The van der Waals surface area contributed by atoms with Crippen LogP contribution in [0.3, 0.4) is 0 Å². The van der Waals surface area contributed by atoms with Crippen molar-refractivity contribution in [1.82, 2.24) is 0 Å². The van der Waals surface area contributed by atoms with Crippen molar-refractivity contribution in [3.05, 3.63) is 28.2 Å². The number of carbonyl (C=O) groups is 1. The van der Waals surface area contributed by atoms with Crippen LogP contribution in [0.2, 0.25) is 10.0 Å². The van der Waals surface area contributed by atoms with Crippen LogP contribution in [-0.4, -0.2) is 11.5 Å². The number of primary amides is 1. The van der Waals surface area contributed by atoms with E-state index in [1.54, 1.807) is 18.2 Å². The van der Waals surface area contributed by atoms with Gasteiger partial charge in [0.1, 0.15) is 5.75 Å². The summed E-state index contributed by atoms with van der Waals surface area (Å²) in [6.45, 7) is 0. The number of nitrogens with two attached hydrogens (primary N) is 1. The average molecular weight is 274 g/mol. The molecule has 0 atom stereocenters. The maximum absolute atomic E-state index is 11.5. The lowest BCUT2D eigenvalue weighted by Crippen LogP contribution is -2.46. The predicted octanol–water partition coefficient (Wildman–Crippen LogP) is 3.17. The molecule has 0 heterocycles. The first-order valence-electron chi connectivity index (χ1n) is 5.47. The van der Waals surface area contributed by atoms with Gasteiger partial charge < -0.3 is 10.5 Å². The van der Waals surface area contributed by atoms with Crippen LogP contribution in [0.4, 0.5) is 0 Å². The van der Waals surface area contributed by atoms with Gasteiger partial charge in [-0.2, -0.15) is 0 Å². The number of hydrogen-bond acceptors (Lipinski definition) is 2. The number of halogens is 2. The largest absolute Gasteiger partial charge is 0.477 e. The van der Waals surface area contributed by atoms with E-state index in [-0.39, 0.29) is 0 Å². The SMILES string of the molecule is NC(=O)C1(Oc2ccc(Cl)c(Cl)c2)CCCC1. The maximum Gasteiger partial charge on any atom is 0.261 e. The molecule has 5 heteroatoms. The van der Waals surface area contributed by atoms with Crippen molar-refractivity contribution in [2.45, 2.75) is 31.3 Å². The summed E-state index contributed by atoms with van der Waals surface area (Å²) in [5.74, 6) is 0.112. The standard InChI is InChI=1S/C12H13Cl2NO2/c13-9-4-3-8(7-10(9)14)17-12(11(15)16)5-1-2-6-12/h3-4,7H,1-2,5-6H2,(H2,15,16). The second-order valence-corrected chi connectivity index (χ2v) is 5.06. The van der Waals surface area contributed by atoms with Gasteiger partial charge in [0.15, 0.2) is 5.60 Å². The van der Waals surface area contributed by atoms with Crippen LogP contribution in [0, 0.1) is 0 Å². The molecule has 1 saturated carbocycles. The molecule has 0 unspecified atom stereocenters. The molecule has 0 aliphatic heterocycles. The Balaban J connectivity index is 2.23. The number of amides is 1. The molecule has 3 nitrogen and oxygen atoms in total. The summed E-state index contributed by atoms with van der Waals surface area (Å²) in [6.07, 6.45) is 3.21. The lowest BCUT2D eigenvalue weighted by atomic mass is 10.0. The molecule has 1 aliphatic rings. The van der Waals surface area contributed by atoms with Crippen LogP contribution in [0.15, 0.2) is 18.2 Å². The highest BCUT2D eigenvalue weighted by molar-refractivity contribution is 6.42. The normalized spacial score (nSPS) is 18.0. The summed E-state index contributed by atoms with van der Waals surface area (Å²) >= 11 is 11.7. The molecule has 0 aromatic heterocycles. The van der Waals surface area contributed by atoms with E-state index in [9.17, 15) is 4.79 Å². The molecule has 2 rings (SSSR count). The van der Waals surface area contributed by atoms with Crippen molar-refractivity contribution in [2.24, 2.45) is 5.73 Å². The third-order valence-corrected chi connectivity index (χ3v) is 3.80. The summed E-state index contributed by atoms with van der Waals surface area (Å²) in [6, 6.07) is 4.94. The zero-order valence-electron chi connectivity index (χ0n) is 9.21. The van der Waals surface area contributed by atoms with E-state index in [0.29, 0.717) is 28.6 Å². The fourth-order valence-corrected chi connectivity index (χ4v) is 2.40. The Labute approximate surface area is 110 Å². The van der Waals surface area contributed by atoms with E-state index in [1.807, 2.05) is 0 Å². The van der Waals surface area contributed by atoms with Crippen LogP contribution >= 0.6 is 23.2 Å². The number of rotatable bonds is 3. The Kier molecular flexibility index (Phi) is 3.50. The molecule has 1 aliphatic carbocycles. The molecule has 1 amide bonds. The third-order valence-electron chi connectivity index (χ3n) is 3.06. The van der Waals surface area contributed by atoms with Gasteiger partial charge in [0.2, 0.25) is 0 Å². The van der Waals surface area contributed by atoms with Crippen LogP contribution in [0.25, 0.3) is 0 Å². The lowest BCUT2D eigenvalue weighted by molar-refractivity contribution is -0.132. The van der Waals surface area contributed by atoms with Crippen LogP contribution < -0.4 is 10.5 Å². The van der Waals surface area contributed by atoms with E-state index in [0.717, 1.165) is 12.8 Å². The van der Waals surface area contributed by atoms with Gasteiger partial charge in [-0.3, -0.25) is 4.79 Å². The van der Waals surface area contributed by atoms with Gasteiger partial charge >= 0.3 is 0 Å². The number of carbonyl (C=O) groups excluding carboxylic acids is 1. The summed E-state index contributed by atoms with van der Waals surface area (Å²) < 4.78 is 5.74. The molecule has 1 aromatic carbocycles. The fraction of sp³-hybridized carbons (Fsp3) is 0.417. The topological polar surface area (TPSA) is 52.3 Å². The molecular formula is C12H13Cl2NO2. The minimum Gasteiger partial charge on any atom is -0.477 e. The van der Waals surface area contributed by atoms with Crippen molar-refractivity contribution in [3.8, 4) is 5.75 Å².